The van der Waals surface area contributed by atoms with Crippen LogP contribution in [0.4, 0.5) is 0 Å². The van der Waals surface area contributed by atoms with Crippen molar-refractivity contribution in [1.29, 1.82) is 0 Å². The van der Waals surface area contributed by atoms with Crippen LogP contribution >= 0.6 is 0 Å². The van der Waals surface area contributed by atoms with E-state index in [1.807, 2.05) is 12.1 Å². The van der Waals surface area contributed by atoms with Crippen LogP contribution in [0.3, 0.4) is 0 Å². The number of rotatable bonds is 4. The number of carbonyl (C=O) groups excluding carboxylic acids is 2. The Labute approximate surface area is 128 Å². The minimum Gasteiger partial charge on any atom is -0.318 e. The molecule has 0 unspecified atom stereocenters. The molecule has 2 nitrogen and oxygen atoms in total. The summed E-state index contributed by atoms with van der Waals surface area (Å²) < 4.78 is 0. The standard InChI is InChI=1S/C15H11O2.Na/c16-14(12-7-3-1-4-8-12)11-15(17)13-9-5-2-6-10-13;/h1-11H;/q-1;+1. The molecule has 2 aromatic carbocycles. The molecular weight excluding hydrogens is 235 g/mol. The number of carbonyl (C=O) groups is 2. The molecule has 0 fully saturated rings. The number of hydrogen-bond donors (Lipinski definition) is 0. The Morgan fingerprint density at radius 2 is 1.00 bits per heavy atom. The van der Waals surface area contributed by atoms with Crippen LogP contribution in [-0.2, 0) is 0 Å². The predicted octanol–water partition coefficient (Wildman–Crippen LogP) is -0.0395. The van der Waals surface area contributed by atoms with E-state index in [1.54, 1.807) is 48.5 Å². The summed E-state index contributed by atoms with van der Waals surface area (Å²) in [4.78, 5) is 23.5. The van der Waals surface area contributed by atoms with Crippen molar-refractivity contribution in [1.82, 2.24) is 0 Å². The first-order valence-electron chi connectivity index (χ1n) is 5.31. The minimum atomic E-state index is -0.264. The molecule has 0 aliphatic rings. The van der Waals surface area contributed by atoms with Crippen LogP contribution in [0.15, 0.2) is 60.7 Å². The van der Waals surface area contributed by atoms with Crippen LogP contribution in [0.2, 0.25) is 0 Å². The average Bonchev–Trinajstić information content (AvgIpc) is 2.40. The van der Waals surface area contributed by atoms with E-state index in [-0.39, 0.29) is 41.1 Å². The maximum Gasteiger partial charge on any atom is 1.00 e. The molecular formula is C15H11NaO2. The molecule has 0 amide bonds. The van der Waals surface area contributed by atoms with Crippen molar-refractivity contribution >= 4 is 11.6 Å². The topological polar surface area (TPSA) is 34.1 Å². The Morgan fingerprint density at radius 3 is 1.33 bits per heavy atom. The summed E-state index contributed by atoms with van der Waals surface area (Å²) in [5.41, 5.74) is 1.05. The van der Waals surface area contributed by atoms with Crippen LogP contribution in [0.25, 0.3) is 0 Å². The van der Waals surface area contributed by atoms with Gasteiger partial charge in [0.25, 0.3) is 0 Å². The van der Waals surface area contributed by atoms with Gasteiger partial charge in [-0.3, -0.25) is 0 Å². The minimum absolute atomic E-state index is 0. The third kappa shape index (κ3) is 3.84. The Morgan fingerprint density at radius 1 is 0.667 bits per heavy atom. The van der Waals surface area contributed by atoms with E-state index in [1.165, 1.54) is 0 Å². The zero-order valence-electron chi connectivity index (χ0n) is 10.2. The first-order valence-corrected chi connectivity index (χ1v) is 5.31. The van der Waals surface area contributed by atoms with Gasteiger partial charge in [0, 0.05) is 0 Å². The third-order valence-electron chi connectivity index (χ3n) is 2.38. The molecule has 0 saturated carbocycles. The summed E-state index contributed by atoms with van der Waals surface area (Å²) in [6.07, 6.45) is 1.13. The van der Waals surface area contributed by atoms with Crippen molar-refractivity contribution in [3.8, 4) is 0 Å². The van der Waals surface area contributed by atoms with Crippen LogP contribution in [-0.4, -0.2) is 11.6 Å². The summed E-state index contributed by atoms with van der Waals surface area (Å²) >= 11 is 0. The molecule has 0 N–H and O–H groups in total. The van der Waals surface area contributed by atoms with Gasteiger partial charge in [0.1, 0.15) is 0 Å². The molecule has 0 aliphatic carbocycles. The zero-order chi connectivity index (χ0) is 12.1. The van der Waals surface area contributed by atoms with Gasteiger partial charge in [0.15, 0.2) is 0 Å². The molecule has 0 atom stereocenters. The summed E-state index contributed by atoms with van der Waals surface area (Å²) in [5, 5.41) is 0. The van der Waals surface area contributed by atoms with E-state index in [4.69, 9.17) is 0 Å². The summed E-state index contributed by atoms with van der Waals surface area (Å²) in [7, 11) is 0. The average molecular weight is 246 g/mol. The quantitative estimate of drug-likeness (QED) is 0.328. The zero-order valence-corrected chi connectivity index (χ0v) is 12.2. The first-order chi connectivity index (χ1) is 8.27. The first kappa shape index (κ1) is 14.7. The molecule has 0 spiro atoms. The van der Waals surface area contributed by atoms with E-state index in [0.717, 1.165) is 6.42 Å². The van der Waals surface area contributed by atoms with E-state index in [9.17, 15) is 9.59 Å². The molecule has 18 heavy (non-hydrogen) atoms. The second-order valence-corrected chi connectivity index (χ2v) is 3.60. The maximum atomic E-state index is 11.8. The summed E-state index contributed by atoms with van der Waals surface area (Å²) in [6, 6.07) is 17.5. The molecule has 0 aliphatic heterocycles. The number of benzene rings is 2. The Balaban J connectivity index is 0.00000162. The van der Waals surface area contributed by atoms with Gasteiger partial charge in [0.2, 0.25) is 0 Å². The van der Waals surface area contributed by atoms with E-state index in [2.05, 4.69) is 0 Å². The van der Waals surface area contributed by atoms with Gasteiger partial charge in [0.05, 0.1) is 11.6 Å². The van der Waals surface area contributed by atoms with Crippen LogP contribution in [0.1, 0.15) is 20.7 Å². The van der Waals surface area contributed by atoms with E-state index < -0.39 is 0 Å². The Hall–Kier alpha value is -1.35. The molecule has 84 valence electrons. The van der Waals surface area contributed by atoms with Crippen molar-refractivity contribution in [3.05, 3.63) is 78.2 Å². The molecule has 0 heterocycles. The van der Waals surface area contributed by atoms with Gasteiger partial charge in [-0.15, -0.1) is 24.3 Å². The van der Waals surface area contributed by atoms with Crippen molar-refractivity contribution < 1.29 is 39.1 Å². The van der Waals surface area contributed by atoms with Crippen molar-refractivity contribution in [2.45, 2.75) is 0 Å². The van der Waals surface area contributed by atoms with E-state index >= 15 is 0 Å². The molecule has 0 aromatic heterocycles. The van der Waals surface area contributed by atoms with Crippen molar-refractivity contribution in [3.63, 3.8) is 0 Å². The van der Waals surface area contributed by atoms with Gasteiger partial charge in [-0.05, 0) is 0 Å². The fourth-order valence-corrected chi connectivity index (χ4v) is 1.49. The van der Waals surface area contributed by atoms with Gasteiger partial charge >= 0.3 is 29.6 Å². The third-order valence-corrected chi connectivity index (χ3v) is 2.38. The predicted molar refractivity (Wildman–Crippen MR) is 65.8 cm³/mol. The monoisotopic (exact) mass is 246 g/mol. The van der Waals surface area contributed by atoms with Crippen molar-refractivity contribution in [2.75, 3.05) is 0 Å². The van der Waals surface area contributed by atoms with Crippen LogP contribution in [0.5, 0.6) is 0 Å². The van der Waals surface area contributed by atoms with Gasteiger partial charge < -0.3 is 9.59 Å². The van der Waals surface area contributed by atoms with Gasteiger partial charge in [-0.1, -0.05) is 53.9 Å². The second-order valence-electron chi connectivity index (χ2n) is 3.60. The summed E-state index contributed by atoms with van der Waals surface area (Å²) in [5.74, 6) is -0.529. The van der Waals surface area contributed by atoms with Crippen molar-refractivity contribution in [2.24, 2.45) is 0 Å². The number of ketones is 2. The molecule has 2 aromatic rings. The SMILES string of the molecule is O=C([CH-]C(=O)c1ccccc1)c1ccccc1.[Na+]. The second kappa shape index (κ2) is 7.17. The molecule has 3 heteroatoms. The summed E-state index contributed by atoms with van der Waals surface area (Å²) in [6.45, 7) is 0. The smallest absolute Gasteiger partial charge is 0.318 e. The van der Waals surface area contributed by atoms with Gasteiger partial charge in [-0.25, -0.2) is 0 Å². The number of Topliss-reactive ketones (excluding diaryl/α,β-unsaturated/α-hetero) is 2. The molecule has 0 saturated heterocycles. The fourth-order valence-electron chi connectivity index (χ4n) is 1.49. The van der Waals surface area contributed by atoms with Crippen LogP contribution in [0, 0.1) is 6.42 Å². The largest absolute Gasteiger partial charge is 1.00 e. The Bertz CT molecular complexity index is 471. The molecule has 0 bridgehead atoms. The number of hydrogen-bond acceptors (Lipinski definition) is 2. The van der Waals surface area contributed by atoms with E-state index in [0.29, 0.717) is 11.1 Å². The van der Waals surface area contributed by atoms with Crippen LogP contribution < -0.4 is 29.6 Å². The molecule has 0 radical (unpaired) electrons. The maximum absolute atomic E-state index is 11.8. The Kier molecular flexibility index (Phi) is 5.86. The molecule has 2 rings (SSSR count). The van der Waals surface area contributed by atoms with Gasteiger partial charge in [-0.2, -0.15) is 0 Å². The normalized spacial score (nSPS) is 9.11. The fraction of sp³-hybridized carbons (Fsp3) is 0.